The molecule has 164 valence electrons. The average Bonchev–Trinajstić information content (AvgIpc) is 3.44. The Bertz CT molecular complexity index is 921. The number of amides is 1. The summed E-state index contributed by atoms with van der Waals surface area (Å²) in [6.07, 6.45) is 4.58. The predicted octanol–water partition coefficient (Wildman–Crippen LogP) is 5.32. The van der Waals surface area contributed by atoms with Crippen LogP contribution in [0.5, 0.6) is 0 Å². The van der Waals surface area contributed by atoms with Gasteiger partial charge in [-0.25, -0.2) is 14.5 Å². The Kier molecular flexibility index (Phi) is 6.28. The second-order valence-electron chi connectivity index (χ2n) is 8.79. The summed E-state index contributed by atoms with van der Waals surface area (Å²) in [7, 11) is 0. The molecule has 0 bridgehead atoms. The van der Waals surface area contributed by atoms with Gasteiger partial charge in [-0.1, -0.05) is 30.3 Å². The summed E-state index contributed by atoms with van der Waals surface area (Å²) in [5.74, 6) is -0.593. The van der Waals surface area contributed by atoms with E-state index < -0.39 is 5.97 Å². The fourth-order valence-corrected chi connectivity index (χ4v) is 4.62. The van der Waals surface area contributed by atoms with E-state index in [2.05, 4.69) is 0 Å². The summed E-state index contributed by atoms with van der Waals surface area (Å²) < 4.78 is 11.3. The zero-order valence-electron chi connectivity index (χ0n) is 17.8. The lowest BCUT2D eigenvalue weighted by Crippen LogP contribution is -2.30. The van der Waals surface area contributed by atoms with Crippen LogP contribution in [-0.4, -0.2) is 36.5 Å². The Morgan fingerprint density at radius 1 is 1.06 bits per heavy atom. The molecule has 31 heavy (non-hydrogen) atoms. The molecule has 0 aliphatic heterocycles. The molecule has 0 radical (unpaired) electrons. The number of anilines is 2. The summed E-state index contributed by atoms with van der Waals surface area (Å²) in [6.45, 7) is 2.17. The normalized spacial score (nSPS) is 24.5. The van der Waals surface area contributed by atoms with E-state index in [-0.39, 0.29) is 24.2 Å². The van der Waals surface area contributed by atoms with Crippen LogP contribution in [0.1, 0.15) is 37.7 Å². The number of benzene rings is 2. The van der Waals surface area contributed by atoms with Gasteiger partial charge >= 0.3 is 12.1 Å². The number of carboxylic acids is 1. The highest BCUT2D eigenvalue weighted by molar-refractivity contribution is 5.96. The molecule has 2 aliphatic carbocycles. The number of hydrogen-bond acceptors (Lipinski definition) is 4. The Morgan fingerprint density at radius 2 is 1.77 bits per heavy atom. The van der Waals surface area contributed by atoms with Gasteiger partial charge in [0.25, 0.3) is 0 Å². The molecule has 6 heteroatoms. The Morgan fingerprint density at radius 3 is 2.45 bits per heavy atom. The largest absolute Gasteiger partial charge is 0.480 e. The number of carboxylic acid groups (broad SMARTS) is 1. The van der Waals surface area contributed by atoms with Crippen molar-refractivity contribution in [2.45, 2.75) is 45.1 Å². The summed E-state index contributed by atoms with van der Waals surface area (Å²) in [5.41, 5.74) is 2.79. The van der Waals surface area contributed by atoms with Crippen molar-refractivity contribution in [2.75, 3.05) is 18.1 Å². The van der Waals surface area contributed by atoms with Crippen molar-refractivity contribution in [3.05, 3.63) is 60.2 Å². The van der Waals surface area contributed by atoms with E-state index in [9.17, 15) is 9.59 Å². The van der Waals surface area contributed by atoms with E-state index in [4.69, 9.17) is 14.6 Å². The summed E-state index contributed by atoms with van der Waals surface area (Å²) >= 11 is 0. The minimum absolute atomic E-state index is 0.0713. The summed E-state index contributed by atoms with van der Waals surface area (Å²) in [5, 5.41) is 8.79. The van der Waals surface area contributed by atoms with Crippen LogP contribution < -0.4 is 4.90 Å². The maximum absolute atomic E-state index is 13.1. The van der Waals surface area contributed by atoms with Crippen LogP contribution in [0.15, 0.2) is 54.6 Å². The highest BCUT2D eigenvalue weighted by Gasteiger charge is 2.56. The molecule has 4 rings (SSSR count). The lowest BCUT2D eigenvalue weighted by molar-refractivity contribution is -0.143. The minimum Gasteiger partial charge on any atom is -0.480 e. The molecule has 0 unspecified atom stereocenters. The molecule has 1 amide bonds. The second-order valence-corrected chi connectivity index (χ2v) is 8.79. The average molecular weight is 424 g/mol. The molecule has 1 spiro atoms. The molecule has 0 saturated heterocycles. The van der Waals surface area contributed by atoms with Gasteiger partial charge in [-0.3, -0.25) is 0 Å². The van der Waals surface area contributed by atoms with Gasteiger partial charge in [-0.15, -0.1) is 0 Å². The molecule has 2 aromatic carbocycles. The smallest absolute Gasteiger partial charge is 0.418 e. The molecule has 1 N–H and O–H groups in total. The molecule has 0 heterocycles. The number of rotatable bonds is 7. The SMILES string of the molecule is Cc1cccc(N(C(=O)OCC2CCC3(CC2)C[C@H]3OCC(=O)O)c2ccccc2)c1. The molecular weight excluding hydrogens is 394 g/mol. The van der Waals surface area contributed by atoms with Gasteiger partial charge < -0.3 is 14.6 Å². The number of aryl methyl sites for hydroxylation is 1. The molecular formula is C25H29NO5. The number of para-hydroxylation sites is 1. The van der Waals surface area contributed by atoms with Crippen LogP contribution in [0.3, 0.4) is 0 Å². The molecule has 2 aromatic rings. The first-order chi connectivity index (χ1) is 15.0. The number of carbonyl (C=O) groups is 2. The number of hydrogen-bond donors (Lipinski definition) is 1. The zero-order valence-corrected chi connectivity index (χ0v) is 17.8. The van der Waals surface area contributed by atoms with Gasteiger partial charge in [0.2, 0.25) is 0 Å². The van der Waals surface area contributed by atoms with Gasteiger partial charge in [0.05, 0.1) is 24.1 Å². The first-order valence-electron chi connectivity index (χ1n) is 10.9. The molecule has 0 aromatic heterocycles. The van der Waals surface area contributed by atoms with Crippen LogP contribution in [0, 0.1) is 18.3 Å². The fraction of sp³-hybridized carbons (Fsp3) is 0.440. The molecule has 2 aliphatic rings. The molecule has 2 fully saturated rings. The maximum Gasteiger partial charge on any atom is 0.418 e. The number of ether oxygens (including phenoxy) is 2. The van der Waals surface area contributed by atoms with Gasteiger partial charge in [-0.05, 0) is 80.2 Å². The van der Waals surface area contributed by atoms with Crippen LogP contribution >= 0.6 is 0 Å². The third kappa shape index (κ3) is 5.07. The first kappa shape index (κ1) is 21.4. The summed E-state index contributed by atoms with van der Waals surface area (Å²) in [6, 6.07) is 17.4. The zero-order chi connectivity index (χ0) is 21.8. The van der Waals surface area contributed by atoms with Gasteiger partial charge in [0.15, 0.2) is 0 Å². The molecule has 2 saturated carbocycles. The monoisotopic (exact) mass is 423 g/mol. The van der Waals surface area contributed by atoms with Crippen LogP contribution in [-0.2, 0) is 14.3 Å². The van der Waals surface area contributed by atoms with Gasteiger partial charge in [0, 0.05) is 0 Å². The van der Waals surface area contributed by atoms with E-state index in [1.165, 1.54) is 0 Å². The van der Waals surface area contributed by atoms with Crippen molar-refractivity contribution in [3.8, 4) is 0 Å². The topological polar surface area (TPSA) is 76.1 Å². The standard InChI is InChI=1S/C25H29NO5/c1-18-6-5-9-21(14-18)26(20-7-3-2-4-8-20)24(29)31-16-19-10-12-25(13-11-19)15-22(25)30-17-23(27)28/h2-9,14,19,22H,10-13,15-17H2,1H3,(H,27,28)/t19?,22-,25?/m1/s1. The van der Waals surface area contributed by atoms with E-state index in [1.807, 2.05) is 61.5 Å². The van der Waals surface area contributed by atoms with E-state index in [1.54, 1.807) is 4.90 Å². The van der Waals surface area contributed by atoms with Crippen molar-refractivity contribution >= 4 is 23.4 Å². The van der Waals surface area contributed by atoms with Crippen molar-refractivity contribution < 1.29 is 24.2 Å². The lowest BCUT2D eigenvalue weighted by Gasteiger charge is -2.30. The lowest BCUT2D eigenvalue weighted by atomic mass is 9.80. The molecule has 6 nitrogen and oxygen atoms in total. The number of aliphatic carboxylic acids is 1. The Balaban J connectivity index is 1.33. The van der Waals surface area contributed by atoms with Crippen molar-refractivity contribution in [1.82, 2.24) is 0 Å². The van der Waals surface area contributed by atoms with E-state index in [0.29, 0.717) is 12.5 Å². The van der Waals surface area contributed by atoms with Crippen LogP contribution in [0.4, 0.5) is 16.2 Å². The van der Waals surface area contributed by atoms with E-state index >= 15 is 0 Å². The Labute approximate surface area is 182 Å². The van der Waals surface area contributed by atoms with Crippen LogP contribution in [0.25, 0.3) is 0 Å². The third-order valence-electron chi connectivity index (χ3n) is 6.52. The predicted molar refractivity (Wildman–Crippen MR) is 117 cm³/mol. The summed E-state index contributed by atoms with van der Waals surface area (Å²) in [4.78, 5) is 25.4. The van der Waals surface area contributed by atoms with Crippen molar-refractivity contribution in [2.24, 2.45) is 11.3 Å². The van der Waals surface area contributed by atoms with E-state index in [0.717, 1.165) is 49.0 Å². The van der Waals surface area contributed by atoms with Crippen LogP contribution in [0.2, 0.25) is 0 Å². The Hall–Kier alpha value is -2.86. The highest BCUT2D eigenvalue weighted by atomic mass is 16.6. The first-order valence-corrected chi connectivity index (χ1v) is 10.9. The van der Waals surface area contributed by atoms with Crippen molar-refractivity contribution in [1.29, 1.82) is 0 Å². The van der Waals surface area contributed by atoms with Gasteiger partial charge in [0.1, 0.15) is 6.61 Å². The van der Waals surface area contributed by atoms with Crippen molar-refractivity contribution in [3.63, 3.8) is 0 Å². The fourth-order valence-electron chi connectivity index (χ4n) is 4.62. The second kappa shape index (κ2) is 9.10. The maximum atomic E-state index is 13.1. The third-order valence-corrected chi connectivity index (χ3v) is 6.52. The molecule has 1 atom stereocenters. The highest BCUT2D eigenvalue weighted by Crippen LogP contribution is 2.58. The quantitative estimate of drug-likeness (QED) is 0.652. The van der Waals surface area contributed by atoms with Gasteiger partial charge in [-0.2, -0.15) is 0 Å². The number of nitrogens with zero attached hydrogens (tertiary/aromatic N) is 1. The minimum atomic E-state index is -0.917. The number of carbonyl (C=O) groups excluding carboxylic acids is 1.